The molecule has 5 aromatic rings. The maximum atomic E-state index is 14.0. The number of aromatic carboxylic acids is 1. The Morgan fingerprint density at radius 1 is 1.20 bits per heavy atom. The highest BCUT2D eigenvalue weighted by molar-refractivity contribution is 7.18. The predicted octanol–water partition coefficient (Wildman–Crippen LogP) is 6.06. The number of carbonyl (C=O) groups is 1. The van der Waals surface area contributed by atoms with Gasteiger partial charge >= 0.3 is 5.97 Å². The summed E-state index contributed by atoms with van der Waals surface area (Å²) in [6.45, 7) is 2.74. The summed E-state index contributed by atoms with van der Waals surface area (Å²) < 4.78 is 28.0. The molecule has 254 valence electrons. The molecule has 0 radical (unpaired) electrons. The SMILES string of the molecule is Cc1nc2cnc(N(C)C3C[C@@H]4CN(CC(F)F)C[C@@H]4C3)c(C#N)c2c(=O)n1CC#Cc1ccc(Cl)cc1-c1ccnc2c(C(=O)O)csc12. The van der Waals surface area contributed by atoms with Crippen LogP contribution in [0.1, 0.15) is 40.2 Å². The molecule has 0 bridgehead atoms. The monoisotopic (exact) mass is 713 g/mol. The number of aryl methyl sites for hydroxylation is 1. The number of hydrogen-bond donors (Lipinski definition) is 1. The summed E-state index contributed by atoms with van der Waals surface area (Å²) in [5.41, 5.74) is 2.59. The third-order valence-electron chi connectivity index (χ3n) is 9.78. The Kier molecular flexibility index (Phi) is 8.99. The summed E-state index contributed by atoms with van der Waals surface area (Å²) in [5, 5.41) is 22.1. The molecule has 3 atom stereocenters. The van der Waals surface area contributed by atoms with Crippen LogP contribution in [0.4, 0.5) is 14.6 Å². The van der Waals surface area contributed by atoms with Gasteiger partial charge in [0.2, 0.25) is 0 Å². The summed E-state index contributed by atoms with van der Waals surface area (Å²) in [5.74, 6) is 6.57. The van der Waals surface area contributed by atoms with E-state index in [4.69, 9.17) is 11.6 Å². The lowest BCUT2D eigenvalue weighted by Crippen LogP contribution is -2.34. The van der Waals surface area contributed by atoms with Crippen LogP contribution in [-0.2, 0) is 6.54 Å². The number of rotatable bonds is 7. The fourth-order valence-corrected chi connectivity index (χ4v) is 8.63. The van der Waals surface area contributed by atoms with Crippen molar-refractivity contribution in [2.24, 2.45) is 11.8 Å². The van der Waals surface area contributed by atoms with Crippen LogP contribution in [0.25, 0.3) is 32.2 Å². The van der Waals surface area contributed by atoms with Crippen molar-refractivity contribution in [1.82, 2.24) is 24.4 Å². The summed E-state index contributed by atoms with van der Waals surface area (Å²) >= 11 is 7.66. The van der Waals surface area contributed by atoms with Gasteiger partial charge in [0.25, 0.3) is 12.0 Å². The lowest BCUT2D eigenvalue weighted by Gasteiger charge is -2.28. The third kappa shape index (κ3) is 6.06. The van der Waals surface area contributed by atoms with Crippen molar-refractivity contribution < 1.29 is 18.7 Å². The van der Waals surface area contributed by atoms with Crippen molar-refractivity contribution in [3.05, 3.63) is 79.9 Å². The minimum atomic E-state index is -2.35. The molecule has 2 aliphatic rings. The van der Waals surface area contributed by atoms with E-state index in [9.17, 15) is 28.7 Å². The Morgan fingerprint density at radius 3 is 2.66 bits per heavy atom. The average Bonchev–Trinajstić information content (AvgIpc) is 3.79. The molecule has 1 saturated carbocycles. The molecule has 1 unspecified atom stereocenters. The lowest BCUT2D eigenvalue weighted by molar-refractivity contribution is 0.0699. The second kappa shape index (κ2) is 13.4. The van der Waals surface area contributed by atoms with Gasteiger partial charge in [-0.3, -0.25) is 19.2 Å². The fourth-order valence-electron chi connectivity index (χ4n) is 7.43. The second-order valence-corrected chi connectivity index (χ2v) is 14.0. The van der Waals surface area contributed by atoms with Crippen LogP contribution in [0.15, 0.2) is 46.8 Å². The number of hydrogen-bond acceptors (Lipinski definition) is 9. The smallest absolute Gasteiger partial charge is 0.338 e. The van der Waals surface area contributed by atoms with Gasteiger partial charge < -0.3 is 10.0 Å². The first-order valence-electron chi connectivity index (χ1n) is 16.0. The van der Waals surface area contributed by atoms with Gasteiger partial charge in [0.05, 0.1) is 46.0 Å². The van der Waals surface area contributed by atoms with Crippen molar-refractivity contribution in [3.63, 3.8) is 0 Å². The van der Waals surface area contributed by atoms with E-state index in [-0.39, 0.29) is 35.6 Å². The molecule has 1 N–H and O–H groups in total. The van der Waals surface area contributed by atoms with E-state index in [0.29, 0.717) is 68.5 Å². The van der Waals surface area contributed by atoms with E-state index >= 15 is 0 Å². The zero-order chi connectivity index (χ0) is 35.3. The Morgan fingerprint density at radius 2 is 1.96 bits per heavy atom. The third-order valence-corrected chi connectivity index (χ3v) is 11.0. The molecule has 7 rings (SSSR count). The number of nitriles is 1. The zero-order valence-corrected chi connectivity index (χ0v) is 28.6. The van der Waals surface area contributed by atoms with E-state index in [1.165, 1.54) is 22.1 Å². The quantitative estimate of drug-likeness (QED) is 0.200. The van der Waals surface area contributed by atoms with E-state index in [1.54, 1.807) is 42.8 Å². The second-order valence-electron chi connectivity index (χ2n) is 12.7. The normalized spacial score (nSPS) is 18.7. The molecular weight excluding hydrogens is 684 g/mol. The number of alkyl halides is 2. The highest BCUT2D eigenvalue weighted by Crippen LogP contribution is 2.42. The van der Waals surface area contributed by atoms with Crippen molar-refractivity contribution in [2.45, 2.75) is 38.8 Å². The van der Waals surface area contributed by atoms with Crippen molar-refractivity contribution in [3.8, 4) is 29.0 Å². The molecule has 14 heteroatoms. The minimum Gasteiger partial charge on any atom is -0.478 e. The van der Waals surface area contributed by atoms with E-state index in [2.05, 4.69) is 32.9 Å². The lowest BCUT2D eigenvalue weighted by atomic mass is 10.00. The van der Waals surface area contributed by atoms with Crippen LogP contribution in [0.2, 0.25) is 5.02 Å². The van der Waals surface area contributed by atoms with Gasteiger partial charge in [0.15, 0.2) is 0 Å². The molecule has 10 nitrogen and oxygen atoms in total. The Bertz CT molecular complexity index is 2330. The van der Waals surface area contributed by atoms with Gasteiger partial charge in [-0.1, -0.05) is 23.4 Å². The van der Waals surface area contributed by atoms with E-state index in [1.807, 2.05) is 16.8 Å². The van der Waals surface area contributed by atoms with Crippen molar-refractivity contribution in [2.75, 3.05) is 31.6 Å². The number of anilines is 1. The van der Waals surface area contributed by atoms with Crippen molar-refractivity contribution in [1.29, 1.82) is 5.26 Å². The van der Waals surface area contributed by atoms with Gasteiger partial charge in [-0.25, -0.2) is 23.5 Å². The minimum absolute atomic E-state index is 0.0109. The molecule has 1 saturated heterocycles. The number of fused-ring (bicyclic) bond motifs is 3. The molecule has 2 fully saturated rings. The molecule has 50 heavy (non-hydrogen) atoms. The first-order valence-corrected chi connectivity index (χ1v) is 17.2. The van der Waals surface area contributed by atoms with Gasteiger partial charge in [-0.15, -0.1) is 11.3 Å². The summed E-state index contributed by atoms with van der Waals surface area (Å²) in [7, 11) is 1.86. The van der Waals surface area contributed by atoms with Crippen LogP contribution in [0.3, 0.4) is 0 Å². The number of carboxylic acids is 1. The summed E-state index contributed by atoms with van der Waals surface area (Å²) in [6.07, 6.45) is 2.30. The highest BCUT2D eigenvalue weighted by Gasteiger charge is 2.43. The number of carboxylic acid groups (broad SMARTS) is 1. The largest absolute Gasteiger partial charge is 0.478 e. The standard InChI is InChI=1S/C36H30ClF2N7O3S/c1-19-43-29-14-42-34(44(2)24-10-21-15-45(17-30(38)39)16-22(21)11-24)27(13-40)31(29)35(47)46(19)9-3-4-20-5-6-23(37)12-26(20)25-7-8-41-32-28(36(48)49)18-50-33(25)32/h5-8,12,14,18,21-22,24,30H,9-11,15-17H2,1-2H3,(H,48,49)/t21-,22+,24?. The number of likely N-dealkylation sites (tertiary alicyclic amines) is 1. The average molecular weight is 714 g/mol. The number of thiophene rings is 1. The first-order chi connectivity index (χ1) is 24.0. The molecule has 0 amide bonds. The number of nitrogens with zero attached hydrogens (tertiary/aromatic N) is 7. The van der Waals surface area contributed by atoms with E-state index in [0.717, 1.165) is 18.4 Å². The summed E-state index contributed by atoms with van der Waals surface area (Å²) in [6, 6.07) is 9.29. The van der Waals surface area contributed by atoms with Gasteiger partial charge in [-0.05, 0) is 55.9 Å². The number of pyridine rings is 2. The number of halogens is 3. The molecule has 1 aliphatic heterocycles. The van der Waals surface area contributed by atoms with Crippen LogP contribution < -0.4 is 10.5 Å². The van der Waals surface area contributed by atoms with Crippen molar-refractivity contribution >= 4 is 55.8 Å². The number of aromatic nitrogens is 4. The van der Waals surface area contributed by atoms with Crippen LogP contribution in [-0.4, -0.2) is 74.6 Å². The molecule has 1 aliphatic carbocycles. The van der Waals surface area contributed by atoms with E-state index < -0.39 is 18.0 Å². The maximum absolute atomic E-state index is 14.0. The van der Waals surface area contributed by atoms with Gasteiger partial charge in [0.1, 0.15) is 23.3 Å². The Labute approximate surface area is 294 Å². The van der Waals surface area contributed by atoms with Crippen LogP contribution in [0.5, 0.6) is 0 Å². The first kappa shape index (κ1) is 33.5. The van der Waals surface area contributed by atoms with Gasteiger partial charge in [-0.2, -0.15) is 5.26 Å². The predicted molar refractivity (Wildman–Crippen MR) is 188 cm³/mol. The fraction of sp³-hybridized carbons (Fsp3) is 0.333. The van der Waals surface area contributed by atoms with Gasteiger partial charge in [0, 0.05) is 59.5 Å². The molecule has 5 heterocycles. The maximum Gasteiger partial charge on any atom is 0.338 e. The molecule has 4 aromatic heterocycles. The Balaban J connectivity index is 1.19. The number of benzene rings is 1. The van der Waals surface area contributed by atoms with Crippen LogP contribution in [0, 0.1) is 41.9 Å². The topological polar surface area (TPSA) is 128 Å². The molecule has 0 spiro atoms. The summed E-state index contributed by atoms with van der Waals surface area (Å²) in [4.78, 5) is 43.0. The zero-order valence-electron chi connectivity index (χ0n) is 27.0. The Hall–Kier alpha value is -4.95. The highest BCUT2D eigenvalue weighted by atomic mass is 35.5. The van der Waals surface area contributed by atoms with Crippen LogP contribution >= 0.6 is 22.9 Å². The molecular formula is C36H30ClF2N7O3S. The molecule has 1 aromatic carbocycles.